The molecule has 16 heavy (non-hydrogen) atoms. The van der Waals surface area contributed by atoms with Gasteiger partial charge in [-0.15, -0.1) is 6.58 Å². The second-order valence-corrected chi connectivity index (χ2v) is 4.36. The van der Waals surface area contributed by atoms with Crippen molar-refractivity contribution in [1.29, 1.82) is 5.26 Å². The van der Waals surface area contributed by atoms with Gasteiger partial charge in [0.2, 0.25) is 0 Å². The molecule has 0 N–H and O–H groups in total. The van der Waals surface area contributed by atoms with E-state index in [1.807, 2.05) is 12.1 Å². The summed E-state index contributed by atoms with van der Waals surface area (Å²) in [6, 6.07) is 8.12. The highest BCUT2D eigenvalue weighted by Crippen LogP contribution is 2.35. The van der Waals surface area contributed by atoms with Gasteiger partial charge in [0.1, 0.15) is 0 Å². The van der Waals surface area contributed by atoms with Crippen LogP contribution >= 0.6 is 11.6 Å². The van der Waals surface area contributed by atoms with Crippen LogP contribution in [0, 0.1) is 11.3 Å². The normalized spacial score (nSPS) is 14.2. The minimum Gasteiger partial charge on any atom is -0.364 e. The van der Waals surface area contributed by atoms with Crippen LogP contribution in [0.5, 0.6) is 0 Å². The first-order chi connectivity index (χ1) is 7.76. The smallest absolute Gasteiger partial charge is 0.0992 e. The number of benzene rings is 1. The van der Waals surface area contributed by atoms with Crippen LogP contribution in [-0.2, 0) is 0 Å². The summed E-state index contributed by atoms with van der Waals surface area (Å²) in [4.78, 5) is 2.25. The summed E-state index contributed by atoms with van der Waals surface area (Å²) in [6.07, 6.45) is 4.31. The molecule has 1 aliphatic rings. The van der Waals surface area contributed by atoms with Crippen molar-refractivity contribution >= 4 is 17.3 Å². The molecular formula is C13H13ClN2. The van der Waals surface area contributed by atoms with E-state index in [0.717, 1.165) is 12.2 Å². The van der Waals surface area contributed by atoms with E-state index in [9.17, 15) is 0 Å². The first-order valence-corrected chi connectivity index (χ1v) is 5.71. The standard InChI is InChI=1S/C13H13ClN2/c1-2-7-16(11-4-5-11)13-6-3-10(9-15)8-12(13)14/h2-3,6,8,11H,1,4-5,7H2. The van der Waals surface area contributed by atoms with E-state index in [1.165, 1.54) is 12.8 Å². The Kier molecular flexibility index (Phi) is 3.17. The molecule has 2 nitrogen and oxygen atoms in total. The van der Waals surface area contributed by atoms with E-state index in [-0.39, 0.29) is 0 Å². The third-order valence-corrected chi connectivity index (χ3v) is 3.00. The zero-order valence-corrected chi connectivity index (χ0v) is 9.74. The lowest BCUT2D eigenvalue weighted by atomic mass is 10.2. The molecule has 2 rings (SSSR count). The van der Waals surface area contributed by atoms with E-state index < -0.39 is 0 Å². The molecular weight excluding hydrogens is 220 g/mol. The minimum absolute atomic E-state index is 0.587. The molecule has 1 aromatic rings. The van der Waals surface area contributed by atoms with Crippen molar-refractivity contribution in [2.45, 2.75) is 18.9 Å². The van der Waals surface area contributed by atoms with Crippen LogP contribution in [0.1, 0.15) is 18.4 Å². The van der Waals surface area contributed by atoms with Crippen LogP contribution in [0.3, 0.4) is 0 Å². The average molecular weight is 233 g/mol. The van der Waals surface area contributed by atoms with Gasteiger partial charge >= 0.3 is 0 Å². The Bertz CT molecular complexity index is 444. The molecule has 0 amide bonds. The highest BCUT2D eigenvalue weighted by Gasteiger charge is 2.29. The lowest BCUT2D eigenvalue weighted by Crippen LogP contribution is -2.25. The fourth-order valence-electron chi connectivity index (χ4n) is 1.78. The number of anilines is 1. The van der Waals surface area contributed by atoms with Gasteiger partial charge in [0.15, 0.2) is 0 Å². The number of hydrogen-bond acceptors (Lipinski definition) is 2. The van der Waals surface area contributed by atoms with Crippen LogP contribution in [0.25, 0.3) is 0 Å². The summed E-state index contributed by atoms with van der Waals surface area (Å²) in [5.74, 6) is 0. The van der Waals surface area contributed by atoms with Crippen molar-refractivity contribution < 1.29 is 0 Å². The van der Waals surface area contributed by atoms with Gasteiger partial charge in [-0.1, -0.05) is 17.7 Å². The third-order valence-electron chi connectivity index (χ3n) is 2.70. The molecule has 0 atom stereocenters. The van der Waals surface area contributed by atoms with Gasteiger partial charge in [-0.2, -0.15) is 5.26 Å². The van der Waals surface area contributed by atoms with Crippen molar-refractivity contribution in [3.63, 3.8) is 0 Å². The molecule has 0 spiro atoms. The predicted molar refractivity (Wildman–Crippen MR) is 66.7 cm³/mol. The molecule has 1 fully saturated rings. The van der Waals surface area contributed by atoms with Crippen LogP contribution < -0.4 is 4.90 Å². The van der Waals surface area contributed by atoms with Crippen LogP contribution in [-0.4, -0.2) is 12.6 Å². The second kappa shape index (κ2) is 4.59. The van der Waals surface area contributed by atoms with E-state index in [4.69, 9.17) is 16.9 Å². The number of halogens is 1. The van der Waals surface area contributed by atoms with Gasteiger partial charge in [0.05, 0.1) is 22.3 Å². The summed E-state index contributed by atoms with van der Waals surface area (Å²) in [5, 5.41) is 9.42. The van der Waals surface area contributed by atoms with Gasteiger partial charge in [-0.25, -0.2) is 0 Å². The number of nitriles is 1. The lowest BCUT2D eigenvalue weighted by Gasteiger charge is -2.24. The van der Waals surface area contributed by atoms with E-state index in [0.29, 0.717) is 16.6 Å². The van der Waals surface area contributed by atoms with Gasteiger partial charge in [-0.05, 0) is 31.0 Å². The first kappa shape index (κ1) is 11.0. The zero-order valence-electron chi connectivity index (χ0n) is 8.99. The number of hydrogen-bond donors (Lipinski definition) is 0. The molecule has 1 aliphatic carbocycles. The molecule has 0 heterocycles. The third kappa shape index (κ3) is 2.20. The van der Waals surface area contributed by atoms with Crippen LogP contribution in [0.2, 0.25) is 5.02 Å². The number of rotatable bonds is 4. The molecule has 0 bridgehead atoms. The highest BCUT2D eigenvalue weighted by molar-refractivity contribution is 6.33. The van der Waals surface area contributed by atoms with Gasteiger partial charge in [-0.3, -0.25) is 0 Å². The SMILES string of the molecule is C=CCN(c1ccc(C#N)cc1Cl)C1CC1. The molecule has 0 unspecified atom stereocenters. The molecule has 0 aromatic heterocycles. The lowest BCUT2D eigenvalue weighted by molar-refractivity contribution is 0.862. The monoisotopic (exact) mass is 232 g/mol. The molecule has 0 aliphatic heterocycles. The van der Waals surface area contributed by atoms with E-state index in [1.54, 1.807) is 12.1 Å². The largest absolute Gasteiger partial charge is 0.364 e. The summed E-state index contributed by atoms with van der Waals surface area (Å²) in [5.41, 5.74) is 1.60. The summed E-state index contributed by atoms with van der Waals surface area (Å²) in [6.45, 7) is 4.56. The van der Waals surface area contributed by atoms with Crippen LogP contribution in [0.15, 0.2) is 30.9 Å². The average Bonchev–Trinajstić information content (AvgIpc) is 3.10. The Hall–Kier alpha value is -1.46. The van der Waals surface area contributed by atoms with Crippen molar-refractivity contribution in [3.05, 3.63) is 41.4 Å². The molecule has 1 aromatic carbocycles. The van der Waals surface area contributed by atoms with Crippen molar-refractivity contribution in [2.75, 3.05) is 11.4 Å². The van der Waals surface area contributed by atoms with Crippen molar-refractivity contribution in [3.8, 4) is 6.07 Å². The Balaban J connectivity index is 2.30. The predicted octanol–water partition coefficient (Wildman–Crippen LogP) is 3.37. The molecule has 0 radical (unpaired) electrons. The maximum atomic E-state index is 8.78. The minimum atomic E-state index is 0.587. The van der Waals surface area contributed by atoms with Gasteiger partial charge in [0.25, 0.3) is 0 Å². The maximum absolute atomic E-state index is 8.78. The molecule has 1 saturated carbocycles. The summed E-state index contributed by atoms with van der Waals surface area (Å²) >= 11 is 6.18. The van der Waals surface area contributed by atoms with Crippen LogP contribution in [0.4, 0.5) is 5.69 Å². The maximum Gasteiger partial charge on any atom is 0.0992 e. The topological polar surface area (TPSA) is 27.0 Å². The number of nitrogens with zero attached hydrogens (tertiary/aromatic N) is 2. The fraction of sp³-hybridized carbons (Fsp3) is 0.308. The highest BCUT2D eigenvalue weighted by atomic mass is 35.5. The summed E-state index contributed by atoms with van der Waals surface area (Å²) in [7, 11) is 0. The first-order valence-electron chi connectivity index (χ1n) is 5.33. The quantitative estimate of drug-likeness (QED) is 0.745. The van der Waals surface area contributed by atoms with E-state index >= 15 is 0 Å². The van der Waals surface area contributed by atoms with Gasteiger partial charge < -0.3 is 4.90 Å². The Morgan fingerprint density at radius 2 is 2.31 bits per heavy atom. The molecule has 0 saturated heterocycles. The Labute approximate surface area is 101 Å². The summed E-state index contributed by atoms with van der Waals surface area (Å²) < 4.78 is 0. The van der Waals surface area contributed by atoms with Crippen molar-refractivity contribution in [1.82, 2.24) is 0 Å². The van der Waals surface area contributed by atoms with Crippen molar-refractivity contribution in [2.24, 2.45) is 0 Å². The van der Waals surface area contributed by atoms with Gasteiger partial charge in [0, 0.05) is 12.6 Å². The Morgan fingerprint density at radius 1 is 1.56 bits per heavy atom. The molecule has 82 valence electrons. The molecule has 3 heteroatoms. The second-order valence-electron chi connectivity index (χ2n) is 3.95. The van der Waals surface area contributed by atoms with E-state index in [2.05, 4.69) is 17.5 Å². The zero-order chi connectivity index (χ0) is 11.5. The fourth-order valence-corrected chi connectivity index (χ4v) is 2.07. The Morgan fingerprint density at radius 3 is 2.81 bits per heavy atom.